The van der Waals surface area contributed by atoms with E-state index in [0.717, 1.165) is 22.3 Å². The molecule has 0 saturated carbocycles. The monoisotopic (exact) mass is 303 g/mol. The minimum Gasteiger partial charge on any atom is -0.299 e. The van der Waals surface area contributed by atoms with Gasteiger partial charge in [-0.05, 0) is 30.7 Å². The summed E-state index contributed by atoms with van der Waals surface area (Å²) in [7, 11) is 0. The molecule has 4 heteroatoms. The number of hydrogen-bond donors (Lipinski definition) is 1. The van der Waals surface area contributed by atoms with Gasteiger partial charge in [-0.15, -0.1) is 11.8 Å². The Kier molecular flexibility index (Phi) is 3.62. The van der Waals surface area contributed by atoms with Crippen LogP contribution in [0.2, 0.25) is 0 Å². The minimum absolute atomic E-state index is 0.147. The molecule has 1 saturated heterocycles. The van der Waals surface area contributed by atoms with Gasteiger partial charge in [0.1, 0.15) is 5.82 Å². The van der Waals surface area contributed by atoms with Crippen molar-refractivity contribution in [1.29, 1.82) is 0 Å². The summed E-state index contributed by atoms with van der Waals surface area (Å²) < 4.78 is 14.7. The zero-order valence-corrected chi connectivity index (χ0v) is 11.8. The van der Waals surface area contributed by atoms with E-state index in [0.29, 0.717) is 5.92 Å². The quantitative estimate of drug-likeness (QED) is 0.848. The number of benzene rings is 1. The highest BCUT2D eigenvalue weighted by atomic mass is 79.9. The first kappa shape index (κ1) is 12.4. The standard InChI is InChI=1S/C12H15BrFNS/c1-8-6-15-12(2,16-7-8)10-4-3-9(13)5-11(10)14/h3-5,8,15H,6-7H2,1-2H3. The lowest BCUT2D eigenvalue weighted by Gasteiger charge is -2.37. The summed E-state index contributed by atoms with van der Waals surface area (Å²) in [4.78, 5) is -0.294. The maximum atomic E-state index is 13.9. The zero-order chi connectivity index (χ0) is 11.8. The third-order valence-corrected chi connectivity index (χ3v) is 5.06. The molecule has 2 atom stereocenters. The molecule has 1 aliphatic heterocycles. The molecule has 1 fully saturated rings. The van der Waals surface area contributed by atoms with Crippen molar-refractivity contribution in [3.63, 3.8) is 0 Å². The molecule has 0 amide bonds. The van der Waals surface area contributed by atoms with E-state index in [1.54, 1.807) is 11.8 Å². The van der Waals surface area contributed by atoms with E-state index in [-0.39, 0.29) is 10.7 Å². The van der Waals surface area contributed by atoms with Gasteiger partial charge in [0.05, 0.1) is 4.87 Å². The van der Waals surface area contributed by atoms with Gasteiger partial charge in [-0.3, -0.25) is 5.32 Å². The van der Waals surface area contributed by atoms with E-state index in [4.69, 9.17) is 0 Å². The Balaban J connectivity index is 2.29. The van der Waals surface area contributed by atoms with Crippen LogP contribution in [0.5, 0.6) is 0 Å². The topological polar surface area (TPSA) is 12.0 Å². The summed E-state index contributed by atoms with van der Waals surface area (Å²) in [6.07, 6.45) is 0. The van der Waals surface area contributed by atoms with E-state index < -0.39 is 0 Å². The largest absolute Gasteiger partial charge is 0.299 e. The molecular formula is C12H15BrFNS. The second kappa shape index (κ2) is 4.67. The summed E-state index contributed by atoms with van der Waals surface area (Å²) in [5.74, 6) is 1.57. The second-order valence-electron chi connectivity index (χ2n) is 4.45. The maximum absolute atomic E-state index is 13.9. The average molecular weight is 304 g/mol. The number of thioether (sulfide) groups is 1. The van der Waals surface area contributed by atoms with Gasteiger partial charge in [0.2, 0.25) is 0 Å². The predicted octanol–water partition coefficient (Wildman–Crippen LogP) is 3.73. The minimum atomic E-state index is -0.294. The Morgan fingerprint density at radius 2 is 2.31 bits per heavy atom. The molecule has 0 aromatic heterocycles. The van der Waals surface area contributed by atoms with Gasteiger partial charge < -0.3 is 0 Å². The summed E-state index contributed by atoms with van der Waals surface area (Å²) in [6.45, 7) is 5.20. The van der Waals surface area contributed by atoms with Gasteiger partial charge in [0, 0.05) is 16.6 Å². The SMILES string of the molecule is CC1CNC(C)(c2ccc(Br)cc2F)SC1. The van der Waals surface area contributed by atoms with Crippen molar-refractivity contribution < 1.29 is 4.39 Å². The van der Waals surface area contributed by atoms with E-state index in [9.17, 15) is 4.39 Å². The van der Waals surface area contributed by atoms with Gasteiger partial charge in [0.25, 0.3) is 0 Å². The molecule has 1 heterocycles. The van der Waals surface area contributed by atoms with Crippen LogP contribution in [-0.2, 0) is 4.87 Å². The predicted molar refractivity (Wildman–Crippen MR) is 71.1 cm³/mol. The van der Waals surface area contributed by atoms with Crippen molar-refractivity contribution >= 4 is 27.7 Å². The Bertz CT molecular complexity index is 389. The van der Waals surface area contributed by atoms with Crippen molar-refractivity contribution in [3.05, 3.63) is 34.1 Å². The number of halogens is 2. The third kappa shape index (κ3) is 2.44. The Labute approximate surface area is 108 Å². The summed E-state index contributed by atoms with van der Waals surface area (Å²) >= 11 is 5.06. The first-order chi connectivity index (χ1) is 7.51. The van der Waals surface area contributed by atoms with Crippen LogP contribution in [0.1, 0.15) is 19.4 Å². The summed E-state index contributed by atoms with van der Waals surface area (Å²) in [5.41, 5.74) is 0.743. The first-order valence-corrected chi connectivity index (χ1v) is 7.13. The first-order valence-electron chi connectivity index (χ1n) is 5.36. The van der Waals surface area contributed by atoms with Crippen LogP contribution in [0.25, 0.3) is 0 Å². The molecule has 0 aliphatic carbocycles. The molecule has 1 N–H and O–H groups in total. The molecule has 1 nitrogen and oxygen atoms in total. The van der Waals surface area contributed by atoms with E-state index in [1.807, 2.05) is 12.1 Å². The van der Waals surface area contributed by atoms with Gasteiger partial charge in [-0.2, -0.15) is 0 Å². The fraction of sp³-hybridized carbons (Fsp3) is 0.500. The Hall–Kier alpha value is -0.0600. The molecule has 0 radical (unpaired) electrons. The molecule has 0 spiro atoms. The van der Waals surface area contributed by atoms with E-state index >= 15 is 0 Å². The molecule has 16 heavy (non-hydrogen) atoms. The molecule has 88 valence electrons. The molecule has 0 bridgehead atoms. The molecule has 2 unspecified atom stereocenters. The average Bonchev–Trinajstić information content (AvgIpc) is 2.22. The van der Waals surface area contributed by atoms with Crippen LogP contribution in [0.4, 0.5) is 4.39 Å². The fourth-order valence-electron chi connectivity index (χ4n) is 1.84. The molecular weight excluding hydrogens is 289 g/mol. The molecule has 1 aliphatic rings. The summed E-state index contributed by atoms with van der Waals surface area (Å²) in [6, 6.07) is 5.28. The third-order valence-electron chi connectivity index (χ3n) is 2.89. The van der Waals surface area contributed by atoms with E-state index in [1.165, 1.54) is 6.07 Å². The second-order valence-corrected chi connectivity index (χ2v) is 6.81. The van der Waals surface area contributed by atoms with Gasteiger partial charge in [-0.1, -0.05) is 28.9 Å². The lowest BCUT2D eigenvalue weighted by Crippen LogP contribution is -2.44. The molecule has 2 rings (SSSR count). The molecule has 1 aromatic carbocycles. The lowest BCUT2D eigenvalue weighted by atomic mass is 10.1. The van der Waals surface area contributed by atoms with Gasteiger partial charge in [-0.25, -0.2) is 4.39 Å². The highest BCUT2D eigenvalue weighted by Crippen LogP contribution is 2.39. The normalized spacial score (nSPS) is 30.4. The van der Waals surface area contributed by atoms with Crippen LogP contribution in [0, 0.1) is 11.7 Å². The lowest BCUT2D eigenvalue weighted by molar-refractivity contribution is 0.429. The zero-order valence-electron chi connectivity index (χ0n) is 9.39. The van der Waals surface area contributed by atoms with E-state index in [2.05, 4.69) is 35.1 Å². The maximum Gasteiger partial charge on any atom is 0.130 e. The van der Waals surface area contributed by atoms with Crippen LogP contribution in [0.3, 0.4) is 0 Å². The van der Waals surface area contributed by atoms with Crippen molar-refractivity contribution in [2.75, 3.05) is 12.3 Å². The van der Waals surface area contributed by atoms with Gasteiger partial charge >= 0.3 is 0 Å². The highest BCUT2D eigenvalue weighted by molar-refractivity contribution is 9.10. The summed E-state index contributed by atoms with van der Waals surface area (Å²) in [5, 5.41) is 3.43. The smallest absolute Gasteiger partial charge is 0.130 e. The number of nitrogens with one attached hydrogen (secondary N) is 1. The van der Waals surface area contributed by atoms with Gasteiger partial charge in [0.15, 0.2) is 0 Å². The van der Waals surface area contributed by atoms with Crippen molar-refractivity contribution in [2.45, 2.75) is 18.7 Å². The van der Waals surface area contributed by atoms with Crippen molar-refractivity contribution in [2.24, 2.45) is 5.92 Å². The van der Waals surface area contributed by atoms with Crippen molar-refractivity contribution in [1.82, 2.24) is 5.32 Å². The Morgan fingerprint density at radius 1 is 1.56 bits per heavy atom. The number of rotatable bonds is 1. The van der Waals surface area contributed by atoms with Crippen LogP contribution >= 0.6 is 27.7 Å². The van der Waals surface area contributed by atoms with Crippen molar-refractivity contribution in [3.8, 4) is 0 Å². The van der Waals surface area contributed by atoms with Crippen LogP contribution in [0.15, 0.2) is 22.7 Å². The molecule has 1 aromatic rings. The van der Waals surface area contributed by atoms with Crippen LogP contribution in [-0.4, -0.2) is 12.3 Å². The highest BCUT2D eigenvalue weighted by Gasteiger charge is 2.33. The fourth-order valence-corrected chi connectivity index (χ4v) is 3.41. The number of hydrogen-bond acceptors (Lipinski definition) is 2. The van der Waals surface area contributed by atoms with Crippen LogP contribution < -0.4 is 5.32 Å². The Morgan fingerprint density at radius 3 is 2.88 bits per heavy atom.